The van der Waals surface area contributed by atoms with E-state index in [1.807, 2.05) is 0 Å². The summed E-state index contributed by atoms with van der Waals surface area (Å²) in [7, 11) is 0. The van der Waals surface area contributed by atoms with E-state index >= 15 is 0 Å². The molecular formula is C15H22O2. The van der Waals surface area contributed by atoms with Crippen LogP contribution in [0.2, 0.25) is 0 Å². The summed E-state index contributed by atoms with van der Waals surface area (Å²) in [6, 6.07) is 6.29. The lowest BCUT2D eigenvalue weighted by atomic mass is 9.85. The highest BCUT2D eigenvalue weighted by atomic mass is 16.4. The SMILES string of the molecule is Cc1ccc(C)c(C(CC(=O)O)CC(C)C)c1. The Hall–Kier alpha value is -1.31. The number of carboxylic acids is 1. The first kappa shape index (κ1) is 13.8. The standard InChI is InChI=1S/C15H22O2/c1-10(2)7-13(9-15(16)17)14-8-11(3)5-6-12(14)4/h5-6,8,10,13H,7,9H2,1-4H3,(H,16,17). The van der Waals surface area contributed by atoms with Crippen molar-refractivity contribution in [1.29, 1.82) is 0 Å². The summed E-state index contributed by atoms with van der Waals surface area (Å²) >= 11 is 0. The van der Waals surface area contributed by atoms with Crippen LogP contribution in [0.25, 0.3) is 0 Å². The van der Waals surface area contributed by atoms with Crippen LogP contribution in [0.4, 0.5) is 0 Å². The summed E-state index contributed by atoms with van der Waals surface area (Å²) in [5, 5.41) is 9.02. The Kier molecular flexibility index (Phi) is 4.73. The van der Waals surface area contributed by atoms with Crippen molar-refractivity contribution in [1.82, 2.24) is 0 Å². The van der Waals surface area contributed by atoms with E-state index in [-0.39, 0.29) is 12.3 Å². The van der Waals surface area contributed by atoms with Gasteiger partial charge in [-0.1, -0.05) is 37.6 Å². The van der Waals surface area contributed by atoms with Gasteiger partial charge in [-0.3, -0.25) is 4.79 Å². The maximum Gasteiger partial charge on any atom is 0.303 e. The molecule has 17 heavy (non-hydrogen) atoms. The molecule has 0 aromatic heterocycles. The van der Waals surface area contributed by atoms with Crippen molar-refractivity contribution in [3.05, 3.63) is 34.9 Å². The number of hydrogen-bond acceptors (Lipinski definition) is 1. The molecule has 0 radical (unpaired) electrons. The van der Waals surface area contributed by atoms with Crippen LogP contribution >= 0.6 is 0 Å². The molecule has 2 nitrogen and oxygen atoms in total. The molecule has 0 aliphatic heterocycles. The molecule has 0 amide bonds. The van der Waals surface area contributed by atoms with Gasteiger partial charge in [0.15, 0.2) is 0 Å². The summed E-state index contributed by atoms with van der Waals surface area (Å²) in [5.41, 5.74) is 3.59. The van der Waals surface area contributed by atoms with Gasteiger partial charge in [-0.05, 0) is 43.2 Å². The third-order valence-corrected chi connectivity index (χ3v) is 3.05. The molecule has 1 atom stereocenters. The molecule has 0 bridgehead atoms. The number of benzene rings is 1. The van der Waals surface area contributed by atoms with Gasteiger partial charge in [0, 0.05) is 0 Å². The second-order valence-electron chi connectivity index (χ2n) is 5.28. The van der Waals surface area contributed by atoms with E-state index in [4.69, 9.17) is 5.11 Å². The fraction of sp³-hybridized carbons (Fsp3) is 0.533. The van der Waals surface area contributed by atoms with Crippen molar-refractivity contribution in [2.45, 2.75) is 46.5 Å². The molecule has 1 aromatic carbocycles. The number of rotatable bonds is 5. The van der Waals surface area contributed by atoms with Crippen LogP contribution in [0.15, 0.2) is 18.2 Å². The Bertz CT molecular complexity index is 394. The average Bonchev–Trinajstić information content (AvgIpc) is 2.19. The second-order valence-corrected chi connectivity index (χ2v) is 5.28. The fourth-order valence-electron chi connectivity index (χ4n) is 2.30. The van der Waals surface area contributed by atoms with Gasteiger partial charge in [-0.15, -0.1) is 0 Å². The van der Waals surface area contributed by atoms with Gasteiger partial charge < -0.3 is 5.11 Å². The van der Waals surface area contributed by atoms with E-state index in [9.17, 15) is 4.79 Å². The zero-order valence-electron chi connectivity index (χ0n) is 11.2. The van der Waals surface area contributed by atoms with Gasteiger partial charge in [-0.2, -0.15) is 0 Å². The van der Waals surface area contributed by atoms with Crippen molar-refractivity contribution in [3.63, 3.8) is 0 Å². The largest absolute Gasteiger partial charge is 0.481 e. The molecule has 0 fully saturated rings. The average molecular weight is 234 g/mol. The molecule has 0 aliphatic carbocycles. The fourth-order valence-corrected chi connectivity index (χ4v) is 2.30. The summed E-state index contributed by atoms with van der Waals surface area (Å²) in [4.78, 5) is 11.0. The van der Waals surface area contributed by atoms with E-state index in [1.54, 1.807) is 0 Å². The van der Waals surface area contributed by atoms with Gasteiger partial charge in [0.1, 0.15) is 0 Å². The predicted octanol–water partition coefficient (Wildman–Crippen LogP) is 3.91. The van der Waals surface area contributed by atoms with Gasteiger partial charge >= 0.3 is 5.97 Å². The Morgan fingerprint density at radius 3 is 2.47 bits per heavy atom. The smallest absolute Gasteiger partial charge is 0.303 e. The van der Waals surface area contributed by atoms with Gasteiger partial charge in [0.05, 0.1) is 6.42 Å². The number of aryl methyl sites for hydroxylation is 2. The van der Waals surface area contributed by atoms with Crippen molar-refractivity contribution in [2.75, 3.05) is 0 Å². The third kappa shape index (κ3) is 4.22. The Balaban J connectivity index is 3.02. The minimum Gasteiger partial charge on any atom is -0.481 e. The maximum absolute atomic E-state index is 11.0. The van der Waals surface area contributed by atoms with Crippen molar-refractivity contribution < 1.29 is 9.90 Å². The number of aliphatic carboxylic acids is 1. The Morgan fingerprint density at radius 2 is 1.94 bits per heavy atom. The van der Waals surface area contributed by atoms with E-state index in [0.717, 1.165) is 6.42 Å². The molecule has 1 rings (SSSR count). The minimum atomic E-state index is -0.712. The maximum atomic E-state index is 11.0. The Morgan fingerprint density at radius 1 is 1.29 bits per heavy atom. The molecule has 1 aromatic rings. The summed E-state index contributed by atoms with van der Waals surface area (Å²) in [6.45, 7) is 8.39. The molecule has 2 heteroatoms. The molecule has 1 unspecified atom stereocenters. The minimum absolute atomic E-state index is 0.132. The van der Waals surface area contributed by atoms with E-state index in [1.165, 1.54) is 16.7 Å². The monoisotopic (exact) mass is 234 g/mol. The topological polar surface area (TPSA) is 37.3 Å². The zero-order valence-corrected chi connectivity index (χ0v) is 11.2. The number of hydrogen-bond donors (Lipinski definition) is 1. The van der Waals surface area contributed by atoms with E-state index in [2.05, 4.69) is 45.9 Å². The normalized spacial score (nSPS) is 12.8. The predicted molar refractivity (Wildman–Crippen MR) is 70.4 cm³/mol. The van der Waals surface area contributed by atoms with Gasteiger partial charge in [0.2, 0.25) is 0 Å². The van der Waals surface area contributed by atoms with Crippen molar-refractivity contribution >= 4 is 5.97 Å². The molecule has 0 heterocycles. The molecule has 0 saturated heterocycles. The van der Waals surface area contributed by atoms with Gasteiger partial charge in [0.25, 0.3) is 0 Å². The zero-order chi connectivity index (χ0) is 13.0. The lowest BCUT2D eigenvalue weighted by Gasteiger charge is -2.20. The highest BCUT2D eigenvalue weighted by molar-refractivity contribution is 5.68. The lowest BCUT2D eigenvalue weighted by molar-refractivity contribution is -0.137. The summed E-state index contributed by atoms with van der Waals surface area (Å²) in [5.74, 6) is -0.0665. The highest BCUT2D eigenvalue weighted by Gasteiger charge is 2.18. The first-order valence-corrected chi connectivity index (χ1v) is 6.19. The molecular weight excluding hydrogens is 212 g/mol. The lowest BCUT2D eigenvalue weighted by Crippen LogP contribution is -2.10. The first-order chi connectivity index (χ1) is 7.90. The molecule has 1 N–H and O–H groups in total. The van der Waals surface area contributed by atoms with Crippen LogP contribution < -0.4 is 0 Å². The van der Waals surface area contributed by atoms with Crippen LogP contribution in [0.5, 0.6) is 0 Å². The summed E-state index contributed by atoms with van der Waals surface area (Å²) in [6.07, 6.45) is 1.15. The Labute approximate surface area is 104 Å². The number of carboxylic acid groups (broad SMARTS) is 1. The van der Waals surface area contributed by atoms with Crippen LogP contribution in [0.3, 0.4) is 0 Å². The number of carbonyl (C=O) groups is 1. The highest BCUT2D eigenvalue weighted by Crippen LogP contribution is 2.30. The van der Waals surface area contributed by atoms with Gasteiger partial charge in [-0.25, -0.2) is 0 Å². The quantitative estimate of drug-likeness (QED) is 0.838. The molecule has 0 aliphatic rings. The molecule has 0 spiro atoms. The molecule has 0 saturated carbocycles. The second kappa shape index (κ2) is 5.85. The molecule has 94 valence electrons. The summed E-state index contributed by atoms with van der Waals surface area (Å²) < 4.78 is 0. The van der Waals surface area contributed by atoms with Crippen molar-refractivity contribution in [2.24, 2.45) is 5.92 Å². The van der Waals surface area contributed by atoms with Crippen LogP contribution in [-0.2, 0) is 4.79 Å². The van der Waals surface area contributed by atoms with Crippen LogP contribution in [0, 0.1) is 19.8 Å². The van der Waals surface area contributed by atoms with E-state index in [0.29, 0.717) is 5.92 Å². The third-order valence-electron chi connectivity index (χ3n) is 3.05. The van der Waals surface area contributed by atoms with E-state index < -0.39 is 5.97 Å². The van der Waals surface area contributed by atoms with Crippen molar-refractivity contribution in [3.8, 4) is 0 Å². The van der Waals surface area contributed by atoms with Crippen LogP contribution in [0.1, 0.15) is 49.3 Å². The first-order valence-electron chi connectivity index (χ1n) is 6.19. The van der Waals surface area contributed by atoms with Crippen LogP contribution in [-0.4, -0.2) is 11.1 Å².